The average Bonchev–Trinajstić information content (AvgIpc) is 1.63. The van der Waals surface area contributed by atoms with Gasteiger partial charge in [0.05, 0.1) is 0 Å². The van der Waals surface area contributed by atoms with Crippen molar-refractivity contribution < 1.29 is 4.79 Å². The average molecular weight is 128 g/mol. The van der Waals surface area contributed by atoms with Crippen LogP contribution in [0.15, 0.2) is 0 Å². The van der Waals surface area contributed by atoms with Gasteiger partial charge in [-0.05, 0) is 12.3 Å². The molecule has 0 aromatic carbocycles. The van der Waals surface area contributed by atoms with Crippen LogP contribution in [0.1, 0.15) is 20.3 Å². The fourth-order valence-electron chi connectivity index (χ4n) is 0.424. The van der Waals surface area contributed by atoms with Crippen molar-refractivity contribution in [3.8, 4) is 0 Å². The Morgan fingerprint density at radius 3 is 2.56 bits per heavy atom. The summed E-state index contributed by atoms with van der Waals surface area (Å²) >= 11 is 0. The van der Waals surface area contributed by atoms with Crippen molar-refractivity contribution in [2.24, 2.45) is 5.92 Å². The Labute approximate surface area is 55.6 Å². The van der Waals surface area contributed by atoms with E-state index >= 15 is 0 Å². The highest BCUT2D eigenvalue weighted by molar-refractivity contribution is 5.70. The van der Waals surface area contributed by atoms with Gasteiger partial charge < -0.3 is 0 Å². The molecule has 0 aliphatic heterocycles. The number of carbonyl (C=O) groups excluding carboxylic acids is 1. The van der Waals surface area contributed by atoms with Gasteiger partial charge in [0.15, 0.2) is 0 Å². The highest BCUT2D eigenvalue weighted by atomic mass is 16.2. The Kier molecular flexibility index (Phi) is 3.84. The molecule has 0 rings (SSSR count). The first-order chi connectivity index (χ1) is 4.13. The van der Waals surface area contributed by atoms with Crippen molar-refractivity contribution in [3.63, 3.8) is 0 Å². The summed E-state index contributed by atoms with van der Waals surface area (Å²) in [7, 11) is 0. The summed E-state index contributed by atoms with van der Waals surface area (Å²) in [6, 6.07) is -0.810. The van der Waals surface area contributed by atoms with Gasteiger partial charge in [-0.2, -0.15) is 0 Å². The SMILES string of the molecule is CC(C)CC[N]C([NH])=O. The van der Waals surface area contributed by atoms with E-state index in [-0.39, 0.29) is 0 Å². The van der Waals surface area contributed by atoms with Crippen molar-refractivity contribution in [1.82, 2.24) is 11.1 Å². The number of amides is 2. The number of rotatable bonds is 3. The van der Waals surface area contributed by atoms with Gasteiger partial charge >= 0.3 is 6.03 Å². The van der Waals surface area contributed by atoms with Crippen molar-refractivity contribution in [3.05, 3.63) is 0 Å². The van der Waals surface area contributed by atoms with Crippen LogP contribution in [0.5, 0.6) is 0 Å². The lowest BCUT2D eigenvalue weighted by Crippen LogP contribution is -2.16. The Balaban J connectivity index is 3.01. The minimum Gasteiger partial charge on any atom is -0.246 e. The van der Waals surface area contributed by atoms with Crippen molar-refractivity contribution in [1.29, 1.82) is 0 Å². The summed E-state index contributed by atoms with van der Waals surface area (Å²) in [5.41, 5.74) is 6.42. The summed E-state index contributed by atoms with van der Waals surface area (Å²) in [4.78, 5) is 9.93. The van der Waals surface area contributed by atoms with Crippen LogP contribution in [-0.2, 0) is 0 Å². The third kappa shape index (κ3) is 7.27. The summed E-state index contributed by atoms with van der Waals surface area (Å²) in [6.07, 6.45) is 0.893. The topological polar surface area (TPSA) is 55.0 Å². The summed E-state index contributed by atoms with van der Waals surface area (Å²) in [5.74, 6) is 0.563. The Morgan fingerprint density at radius 1 is 1.67 bits per heavy atom. The van der Waals surface area contributed by atoms with Crippen molar-refractivity contribution in [2.45, 2.75) is 20.3 Å². The van der Waals surface area contributed by atoms with Gasteiger partial charge in [0.1, 0.15) is 0 Å². The molecule has 0 aromatic heterocycles. The minimum atomic E-state index is -0.810. The van der Waals surface area contributed by atoms with Crippen LogP contribution in [0.3, 0.4) is 0 Å². The number of hydrogen-bond donors (Lipinski definition) is 0. The van der Waals surface area contributed by atoms with Gasteiger partial charge in [-0.3, -0.25) is 0 Å². The lowest BCUT2D eigenvalue weighted by Gasteiger charge is -2.00. The molecular weight excluding hydrogens is 116 g/mol. The largest absolute Gasteiger partial charge is 0.355 e. The highest BCUT2D eigenvalue weighted by Gasteiger charge is 1.96. The van der Waals surface area contributed by atoms with Crippen LogP contribution in [-0.4, -0.2) is 12.6 Å². The third-order valence-corrected chi connectivity index (χ3v) is 0.962. The Morgan fingerprint density at radius 2 is 2.22 bits per heavy atom. The van der Waals surface area contributed by atoms with E-state index in [4.69, 9.17) is 5.73 Å². The maximum absolute atomic E-state index is 9.93. The molecule has 3 nitrogen and oxygen atoms in total. The van der Waals surface area contributed by atoms with Crippen molar-refractivity contribution in [2.75, 3.05) is 6.54 Å². The first-order valence-electron chi connectivity index (χ1n) is 3.06. The normalized spacial score (nSPS) is 9.67. The molecule has 0 spiro atoms. The third-order valence-electron chi connectivity index (χ3n) is 0.962. The number of carbonyl (C=O) groups is 1. The summed E-state index contributed by atoms with van der Waals surface area (Å²) < 4.78 is 0. The van der Waals surface area contributed by atoms with Gasteiger partial charge in [0.2, 0.25) is 0 Å². The van der Waals surface area contributed by atoms with E-state index in [1.165, 1.54) is 0 Å². The van der Waals surface area contributed by atoms with Gasteiger partial charge in [-0.1, -0.05) is 13.8 Å². The molecule has 0 atom stereocenters. The van der Waals surface area contributed by atoms with Crippen LogP contribution in [0.4, 0.5) is 4.79 Å². The zero-order valence-electron chi connectivity index (χ0n) is 5.85. The molecule has 0 fully saturated rings. The Bertz CT molecular complexity index is 91.1. The van der Waals surface area contributed by atoms with Crippen molar-refractivity contribution >= 4 is 6.03 Å². The van der Waals surface area contributed by atoms with Crippen LogP contribution in [0.2, 0.25) is 0 Å². The molecule has 0 heterocycles. The van der Waals surface area contributed by atoms with Crippen LogP contribution >= 0.6 is 0 Å². The molecule has 0 saturated heterocycles. The lowest BCUT2D eigenvalue weighted by molar-refractivity contribution is 0.246. The van der Waals surface area contributed by atoms with Gasteiger partial charge in [0, 0.05) is 6.54 Å². The minimum absolute atomic E-state index is 0.500. The van der Waals surface area contributed by atoms with E-state index in [0.717, 1.165) is 6.42 Å². The van der Waals surface area contributed by atoms with E-state index < -0.39 is 6.03 Å². The van der Waals surface area contributed by atoms with E-state index in [2.05, 4.69) is 19.2 Å². The summed E-state index contributed by atoms with van der Waals surface area (Å²) in [6.45, 7) is 4.62. The highest BCUT2D eigenvalue weighted by Crippen LogP contribution is 1.96. The molecule has 2 radical (unpaired) electrons. The maximum Gasteiger partial charge on any atom is 0.355 e. The van der Waals surface area contributed by atoms with Crippen LogP contribution in [0.25, 0.3) is 0 Å². The second-order valence-electron chi connectivity index (χ2n) is 2.37. The smallest absolute Gasteiger partial charge is 0.246 e. The zero-order chi connectivity index (χ0) is 7.28. The van der Waals surface area contributed by atoms with Gasteiger partial charge in [-0.25, -0.2) is 15.8 Å². The molecule has 9 heavy (non-hydrogen) atoms. The van der Waals surface area contributed by atoms with Gasteiger partial charge in [0.25, 0.3) is 0 Å². The fraction of sp³-hybridized carbons (Fsp3) is 0.833. The van der Waals surface area contributed by atoms with E-state index in [1.54, 1.807) is 0 Å². The lowest BCUT2D eigenvalue weighted by atomic mass is 10.1. The maximum atomic E-state index is 9.93. The number of nitrogens with zero attached hydrogens (tertiary/aromatic N) is 1. The zero-order valence-corrected chi connectivity index (χ0v) is 5.85. The number of nitrogens with one attached hydrogen (secondary N) is 1. The monoisotopic (exact) mass is 128 g/mol. The predicted molar refractivity (Wildman–Crippen MR) is 34.9 cm³/mol. The quantitative estimate of drug-likeness (QED) is 0.560. The molecule has 0 unspecified atom stereocenters. The van der Waals surface area contributed by atoms with Gasteiger partial charge in [-0.15, -0.1) is 0 Å². The predicted octanol–water partition coefficient (Wildman–Crippen LogP) is 1.04. The van der Waals surface area contributed by atoms with E-state index in [9.17, 15) is 4.79 Å². The van der Waals surface area contributed by atoms with Crippen LogP contribution in [0, 0.1) is 5.92 Å². The summed E-state index contributed by atoms with van der Waals surface area (Å²) in [5, 5.41) is 3.39. The van der Waals surface area contributed by atoms with E-state index in [0.29, 0.717) is 12.5 Å². The molecule has 52 valence electrons. The molecule has 0 saturated carbocycles. The molecule has 0 aliphatic carbocycles. The fourth-order valence-corrected chi connectivity index (χ4v) is 0.424. The molecule has 1 N–H and O–H groups in total. The standard InChI is InChI=1S/C6H12N2O/c1-5(2)3-4-8-6(7)9/h5,7H,3-4H2,1-2H3. The molecule has 0 aliphatic rings. The number of hydrogen-bond acceptors (Lipinski definition) is 1. The molecule has 2 amide bonds. The molecular formula is C6H12N2O. The van der Waals surface area contributed by atoms with E-state index in [1.807, 2.05) is 0 Å². The van der Waals surface area contributed by atoms with Crippen LogP contribution < -0.4 is 11.1 Å². The first-order valence-corrected chi connectivity index (χ1v) is 3.06. The second kappa shape index (κ2) is 4.18. The second-order valence-corrected chi connectivity index (χ2v) is 2.37. The molecule has 0 bridgehead atoms. The molecule has 0 aromatic rings. The number of urea groups is 1. The molecule has 3 heteroatoms. The Hall–Kier alpha value is -0.730. The first kappa shape index (κ1) is 8.27.